The first kappa shape index (κ1) is 53.0. The van der Waals surface area contributed by atoms with Gasteiger partial charge in [-0.1, -0.05) is 243 Å². The van der Waals surface area contributed by atoms with Crippen molar-refractivity contribution in [2.24, 2.45) is 0 Å². The number of hydrogen-bond acceptors (Lipinski definition) is 2. The Morgan fingerprint density at radius 2 is 0.449 bits per heavy atom. The van der Waals surface area contributed by atoms with Gasteiger partial charge in [-0.15, -0.1) is 0 Å². The van der Waals surface area contributed by atoms with Gasteiger partial charge in [0.25, 0.3) is 0 Å². The molecule has 0 aliphatic rings. The van der Waals surface area contributed by atoms with Crippen LogP contribution in [0.1, 0.15) is 0 Å². The zero-order chi connectivity index (χ0) is 59.1. The predicted octanol–water partition coefficient (Wildman–Crippen LogP) is 19.5. The molecule has 14 aromatic carbocycles. The van der Waals surface area contributed by atoms with Gasteiger partial charge < -0.3 is 18.9 Å². The van der Waals surface area contributed by atoms with Gasteiger partial charge in [0.15, 0.2) is 8.07 Å². The lowest BCUT2D eigenvalue weighted by molar-refractivity contribution is 1.18. The van der Waals surface area contributed by atoms with Crippen molar-refractivity contribution in [1.29, 1.82) is 0 Å². The molecule has 16 aromatic rings. The summed E-state index contributed by atoms with van der Waals surface area (Å²) >= 11 is 0. The molecule has 0 spiro atoms. The van der Waals surface area contributed by atoms with Gasteiger partial charge in [0.1, 0.15) is 0 Å². The summed E-state index contributed by atoms with van der Waals surface area (Å²) < 4.78 is 4.75. The van der Waals surface area contributed by atoms with Crippen LogP contribution in [-0.4, -0.2) is 17.2 Å². The number of fused-ring (bicyclic) bond motifs is 6. The van der Waals surface area contributed by atoms with Gasteiger partial charge in [-0.2, -0.15) is 0 Å². The third-order valence-corrected chi connectivity index (χ3v) is 22.7. The molecule has 5 heteroatoms. The van der Waals surface area contributed by atoms with Crippen LogP contribution in [0.4, 0.5) is 34.1 Å². The van der Waals surface area contributed by atoms with E-state index in [0.29, 0.717) is 0 Å². The van der Waals surface area contributed by atoms with E-state index in [-0.39, 0.29) is 0 Å². The van der Waals surface area contributed by atoms with E-state index in [4.69, 9.17) is 0 Å². The minimum Gasteiger partial charge on any atom is -0.310 e. The Kier molecular flexibility index (Phi) is 13.5. The van der Waals surface area contributed by atoms with E-state index in [1.54, 1.807) is 0 Å². The second-order valence-corrected chi connectivity index (χ2v) is 26.7. The van der Waals surface area contributed by atoms with E-state index >= 15 is 0 Å². The van der Waals surface area contributed by atoms with E-state index < -0.39 is 8.07 Å². The lowest BCUT2D eigenvalue weighted by Crippen LogP contribution is -2.74. The highest BCUT2D eigenvalue weighted by Crippen LogP contribution is 2.43. The topological polar surface area (TPSA) is 16.3 Å². The fraction of sp³-hybridized carbons (Fsp3) is 0. The minimum absolute atomic E-state index is 1.09. The van der Waals surface area contributed by atoms with Crippen LogP contribution < -0.4 is 30.5 Å². The van der Waals surface area contributed by atoms with Crippen LogP contribution in [0, 0.1) is 0 Å². The maximum atomic E-state index is 2.40. The van der Waals surface area contributed by atoms with Gasteiger partial charge in [0.2, 0.25) is 0 Å². The molecule has 0 aliphatic heterocycles. The molecule has 0 saturated heterocycles. The van der Waals surface area contributed by atoms with E-state index in [2.05, 4.69) is 383 Å². The fourth-order valence-corrected chi connectivity index (χ4v) is 18.5. The molecular weight excluding hydrogens is 1090 g/mol. The van der Waals surface area contributed by atoms with Crippen molar-refractivity contribution in [3.8, 4) is 33.6 Å². The third-order valence-electron chi connectivity index (χ3n) is 17.9. The van der Waals surface area contributed by atoms with Gasteiger partial charge in [0.05, 0.1) is 22.1 Å². The summed E-state index contributed by atoms with van der Waals surface area (Å²) in [4.78, 5) is 4.74. The number of benzene rings is 14. The van der Waals surface area contributed by atoms with E-state index in [9.17, 15) is 0 Å². The summed E-state index contributed by atoms with van der Waals surface area (Å²) in [6, 6.07) is 134. The van der Waals surface area contributed by atoms with Gasteiger partial charge in [-0.05, 0) is 164 Å². The number of rotatable bonds is 14. The molecule has 4 nitrogen and oxygen atoms in total. The molecular formula is C84H60N4Si. The number of anilines is 6. The van der Waals surface area contributed by atoms with Crippen molar-refractivity contribution in [2.45, 2.75) is 0 Å². The Hall–Kier alpha value is -11.5. The summed E-state index contributed by atoms with van der Waals surface area (Å²) in [7, 11) is -2.87. The van der Waals surface area contributed by atoms with E-state index in [0.717, 1.165) is 56.6 Å². The van der Waals surface area contributed by atoms with Crippen LogP contribution in [0.15, 0.2) is 364 Å². The molecule has 0 saturated carbocycles. The summed E-state index contributed by atoms with van der Waals surface area (Å²) in [5.74, 6) is 0. The Labute approximate surface area is 520 Å². The first-order chi connectivity index (χ1) is 44.2. The van der Waals surface area contributed by atoms with Crippen molar-refractivity contribution in [2.75, 3.05) is 9.80 Å². The van der Waals surface area contributed by atoms with Crippen LogP contribution in [-0.2, 0) is 0 Å². The zero-order valence-corrected chi connectivity index (χ0v) is 49.9. The summed E-state index contributed by atoms with van der Waals surface area (Å²) in [6.45, 7) is 0. The van der Waals surface area contributed by atoms with Gasteiger partial charge in [0, 0.05) is 67.0 Å². The van der Waals surface area contributed by atoms with Crippen molar-refractivity contribution in [3.63, 3.8) is 0 Å². The van der Waals surface area contributed by atoms with Gasteiger partial charge in [-0.3, -0.25) is 0 Å². The molecule has 0 amide bonds. The van der Waals surface area contributed by atoms with Gasteiger partial charge in [-0.25, -0.2) is 0 Å². The molecule has 420 valence electrons. The predicted molar refractivity (Wildman–Crippen MR) is 379 cm³/mol. The molecule has 0 bridgehead atoms. The van der Waals surface area contributed by atoms with Crippen LogP contribution in [0.3, 0.4) is 0 Å². The van der Waals surface area contributed by atoms with E-state index in [1.807, 2.05) is 0 Å². The number of aromatic nitrogens is 2. The Balaban J connectivity index is 0.729. The second kappa shape index (κ2) is 22.7. The highest BCUT2D eigenvalue weighted by molar-refractivity contribution is 7.19. The van der Waals surface area contributed by atoms with Crippen LogP contribution >= 0.6 is 0 Å². The first-order valence-corrected chi connectivity index (χ1v) is 32.6. The Morgan fingerprint density at radius 1 is 0.191 bits per heavy atom. The molecule has 0 unspecified atom stereocenters. The number of nitrogens with zero attached hydrogens (tertiary/aromatic N) is 4. The largest absolute Gasteiger partial charge is 0.310 e. The molecule has 2 heterocycles. The number of hydrogen-bond donors (Lipinski definition) is 0. The highest BCUT2D eigenvalue weighted by atomic mass is 28.3. The Bertz CT molecular complexity index is 4800. The van der Waals surface area contributed by atoms with Crippen molar-refractivity contribution in [3.05, 3.63) is 364 Å². The van der Waals surface area contributed by atoms with Crippen LogP contribution in [0.5, 0.6) is 0 Å². The second-order valence-electron chi connectivity index (χ2n) is 22.9. The first-order valence-electron chi connectivity index (χ1n) is 30.6. The normalized spacial score (nSPS) is 11.6. The Morgan fingerprint density at radius 3 is 0.809 bits per heavy atom. The van der Waals surface area contributed by atoms with E-state index in [1.165, 1.54) is 75.5 Å². The van der Waals surface area contributed by atoms with Crippen molar-refractivity contribution < 1.29 is 0 Å². The number of para-hydroxylation sites is 6. The minimum atomic E-state index is -2.87. The summed E-state index contributed by atoms with van der Waals surface area (Å²) in [5, 5.41) is 10.2. The lowest BCUT2D eigenvalue weighted by atomic mass is 10.0. The molecule has 0 fully saturated rings. The standard InChI is InChI=1S/C84H60N4Si/c1-7-23-65(24-8-1)85(71-51-57-83-79(59-71)77-35-19-21-37-81(77)87(83)67-27-11-3-12-28-67)69-47-39-61(40-48-69)63-43-53-75(54-44-63)89(73-31-15-5-16-32-73,74-33-17-6-18-34-74)76-55-45-64(46-56-76)62-41-49-70(50-42-62)86(66-25-9-2-10-26-66)72-52-58-84-80(60-72)78-36-20-22-38-82(78)88(84)68-29-13-4-14-30-68/h1-60H. The third kappa shape index (κ3) is 9.40. The molecule has 0 radical (unpaired) electrons. The average molecular weight is 1150 g/mol. The van der Waals surface area contributed by atoms with Crippen molar-refractivity contribution >= 4 is 107 Å². The maximum Gasteiger partial charge on any atom is 0.179 e. The smallest absolute Gasteiger partial charge is 0.179 e. The summed E-state index contributed by atoms with van der Waals surface area (Å²) in [5.41, 5.74) is 18.3. The van der Waals surface area contributed by atoms with Crippen molar-refractivity contribution in [1.82, 2.24) is 9.13 Å². The lowest BCUT2D eigenvalue weighted by Gasteiger charge is -2.34. The molecule has 0 aliphatic carbocycles. The average Bonchev–Trinajstić information content (AvgIpc) is 1.82. The van der Waals surface area contributed by atoms with Gasteiger partial charge >= 0.3 is 0 Å². The fourth-order valence-electron chi connectivity index (χ4n) is 13.8. The molecule has 89 heavy (non-hydrogen) atoms. The SMILES string of the molecule is c1ccc(N(c2ccc(-c3ccc([Si](c4ccccc4)(c4ccccc4)c4ccc(-c5ccc(N(c6ccccc6)c6ccc7c(c6)c6ccccc6n7-c6ccccc6)cc5)cc4)cc3)cc2)c2ccc3c(c2)c2ccccc2n3-c2ccccc2)cc1. The zero-order valence-electron chi connectivity index (χ0n) is 48.9. The molecule has 0 N–H and O–H groups in total. The maximum absolute atomic E-state index is 2.87. The summed E-state index contributed by atoms with van der Waals surface area (Å²) in [6.07, 6.45) is 0. The molecule has 0 atom stereocenters. The highest BCUT2D eigenvalue weighted by Gasteiger charge is 2.41. The quantitative estimate of drug-likeness (QED) is 0.0797. The van der Waals surface area contributed by atoms with Crippen LogP contribution in [0.25, 0.3) is 77.2 Å². The molecule has 16 rings (SSSR count). The monoisotopic (exact) mass is 1150 g/mol. The van der Waals surface area contributed by atoms with Crippen LogP contribution in [0.2, 0.25) is 0 Å². The molecule has 2 aromatic heterocycles.